The van der Waals surface area contributed by atoms with Crippen LogP contribution in [0.25, 0.3) is 0 Å². The number of methoxy groups -OCH3 is 2. The molecule has 86 valence electrons. The fourth-order valence-corrected chi connectivity index (χ4v) is 1.12. The van der Waals surface area contributed by atoms with E-state index in [0.717, 1.165) is 6.42 Å². The maximum atomic E-state index is 9.89. The Labute approximate surface area is 86.2 Å². The first kappa shape index (κ1) is 13.8. The molecule has 0 bridgehead atoms. The van der Waals surface area contributed by atoms with E-state index in [-0.39, 0.29) is 6.29 Å². The van der Waals surface area contributed by atoms with Crippen LogP contribution in [0.1, 0.15) is 26.7 Å². The monoisotopic (exact) mass is 206 g/mol. The van der Waals surface area contributed by atoms with E-state index in [1.165, 1.54) is 0 Å². The molecule has 14 heavy (non-hydrogen) atoms. The van der Waals surface area contributed by atoms with Crippen LogP contribution in [0.4, 0.5) is 0 Å². The zero-order valence-electron chi connectivity index (χ0n) is 9.58. The molecule has 0 saturated heterocycles. The Hall–Kier alpha value is -0.160. The lowest BCUT2D eigenvalue weighted by Gasteiger charge is -2.26. The maximum Gasteiger partial charge on any atom is 0.159 e. The molecule has 0 aromatic heterocycles. The maximum absolute atomic E-state index is 9.89. The van der Waals surface area contributed by atoms with Crippen molar-refractivity contribution in [2.75, 3.05) is 27.4 Å². The van der Waals surface area contributed by atoms with E-state index in [9.17, 15) is 5.11 Å². The van der Waals surface area contributed by atoms with E-state index in [1.54, 1.807) is 21.1 Å². The fraction of sp³-hybridized carbons (Fsp3) is 1.00. The molecule has 0 saturated carbocycles. The van der Waals surface area contributed by atoms with E-state index in [2.05, 4.69) is 0 Å². The molecule has 1 N–H and O–H groups in total. The van der Waals surface area contributed by atoms with E-state index < -0.39 is 5.60 Å². The van der Waals surface area contributed by atoms with Gasteiger partial charge in [0.25, 0.3) is 0 Å². The van der Waals surface area contributed by atoms with Gasteiger partial charge in [-0.2, -0.15) is 0 Å². The summed E-state index contributed by atoms with van der Waals surface area (Å²) in [6.45, 7) is 4.72. The third-order valence-corrected chi connectivity index (χ3v) is 1.89. The van der Waals surface area contributed by atoms with E-state index in [0.29, 0.717) is 19.6 Å². The van der Waals surface area contributed by atoms with Crippen LogP contribution in [0.3, 0.4) is 0 Å². The van der Waals surface area contributed by atoms with Crippen molar-refractivity contribution in [2.45, 2.75) is 38.6 Å². The molecule has 0 heterocycles. The van der Waals surface area contributed by atoms with Crippen molar-refractivity contribution in [3.05, 3.63) is 0 Å². The minimum atomic E-state index is -0.897. The molecular formula is C10H22O4. The highest BCUT2D eigenvalue weighted by molar-refractivity contribution is 4.73. The Balaban J connectivity index is 3.79. The normalized spacial score (nSPS) is 15.9. The minimum absolute atomic E-state index is 0.310. The van der Waals surface area contributed by atoms with Crippen LogP contribution >= 0.6 is 0 Å². The average molecular weight is 206 g/mol. The second-order valence-corrected chi connectivity index (χ2v) is 3.65. The lowest BCUT2D eigenvalue weighted by atomic mass is 10.0. The predicted octanol–water partition coefficient (Wildman–Crippen LogP) is 1.17. The van der Waals surface area contributed by atoms with Gasteiger partial charge in [0.1, 0.15) is 0 Å². The van der Waals surface area contributed by atoms with Gasteiger partial charge in [0, 0.05) is 27.2 Å². The highest BCUT2D eigenvalue weighted by Gasteiger charge is 2.25. The summed E-state index contributed by atoms with van der Waals surface area (Å²) in [6, 6.07) is 0. The Morgan fingerprint density at radius 1 is 1.29 bits per heavy atom. The summed E-state index contributed by atoms with van der Waals surface area (Å²) in [6.07, 6.45) is 0.979. The van der Waals surface area contributed by atoms with Crippen molar-refractivity contribution in [3.8, 4) is 0 Å². The van der Waals surface area contributed by atoms with E-state index >= 15 is 0 Å². The highest BCUT2D eigenvalue weighted by Crippen LogP contribution is 2.15. The average Bonchev–Trinajstić information content (AvgIpc) is 2.14. The summed E-state index contributed by atoms with van der Waals surface area (Å²) in [5, 5.41) is 9.89. The molecule has 0 aromatic rings. The zero-order chi connectivity index (χ0) is 11.0. The molecule has 0 rings (SSSR count). The Bertz CT molecular complexity index is 132. The molecule has 0 aliphatic rings. The van der Waals surface area contributed by atoms with E-state index in [1.807, 2.05) is 6.92 Å². The van der Waals surface area contributed by atoms with Crippen molar-refractivity contribution >= 4 is 0 Å². The second kappa shape index (κ2) is 7.17. The fourth-order valence-electron chi connectivity index (χ4n) is 1.12. The van der Waals surface area contributed by atoms with Crippen LogP contribution in [-0.4, -0.2) is 44.4 Å². The smallest absolute Gasteiger partial charge is 0.159 e. The van der Waals surface area contributed by atoms with Crippen LogP contribution in [0, 0.1) is 0 Å². The van der Waals surface area contributed by atoms with Crippen molar-refractivity contribution in [2.24, 2.45) is 0 Å². The third-order valence-electron chi connectivity index (χ3n) is 1.89. The number of hydrogen-bond donors (Lipinski definition) is 1. The second-order valence-electron chi connectivity index (χ2n) is 3.65. The van der Waals surface area contributed by atoms with Gasteiger partial charge in [0.15, 0.2) is 6.29 Å². The van der Waals surface area contributed by atoms with E-state index in [4.69, 9.17) is 14.2 Å². The molecule has 4 nitrogen and oxygen atoms in total. The van der Waals surface area contributed by atoms with Crippen LogP contribution in [0.15, 0.2) is 0 Å². The molecule has 0 spiro atoms. The Morgan fingerprint density at radius 2 is 1.86 bits per heavy atom. The molecule has 0 amide bonds. The largest absolute Gasteiger partial charge is 0.388 e. The topological polar surface area (TPSA) is 47.9 Å². The van der Waals surface area contributed by atoms with Crippen molar-refractivity contribution in [1.29, 1.82) is 0 Å². The Kier molecular flexibility index (Phi) is 7.09. The summed E-state index contributed by atoms with van der Waals surface area (Å²) in [5.41, 5.74) is -0.897. The quantitative estimate of drug-likeness (QED) is 0.478. The van der Waals surface area contributed by atoms with Gasteiger partial charge in [-0.15, -0.1) is 0 Å². The molecule has 4 heteroatoms. The molecule has 0 fully saturated rings. The minimum Gasteiger partial charge on any atom is -0.388 e. The van der Waals surface area contributed by atoms with Gasteiger partial charge < -0.3 is 19.3 Å². The van der Waals surface area contributed by atoms with Gasteiger partial charge in [-0.05, 0) is 13.3 Å². The van der Waals surface area contributed by atoms with Gasteiger partial charge in [-0.1, -0.05) is 6.92 Å². The van der Waals surface area contributed by atoms with Gasteiger partial charge in [0.05, 0.1) is 12.2 Å². The molecule has 0 aliphatic carbocycles. The van der Waals surface area contributed by atoms with Gasteiger partial charge >= 0.3 is 0 Å². The number of hydrogen-bond acceptors (Lipinski definition) is 4. The first-order valence-corrected chi connectivity index (χ1v) is 4.91. The molecular weight excluding hydrogens is 184 g/mol. The van der Waals surface area contributed by atoms with Crippen LogP contribution in [-0.2, 0) is 14.2 Å². The van der Waals surface area contributed by atoms with Crippen LogP contribution in [0.5, 0.6) is 0 Å². The number of aliphatic hydroxyl groups is 1. The third kappa shape index (κ3) is 6.32. The number of rotatable bonds is 8. The Morgan fingerprint density at radius 3 is 2.29 bits per heavy atom. The zero-order valence-corrected chi connectivity index (χ0v) is 9.58. The summed E-state index contributed by atoms with van der Waals surface area (Å²) in [5.74, 6) is 0. The predicted molar refractivity (Wildman–Crippen MR) is 54.2 cm³/mol. The molecule has 0 aromatic carbocycles. The number of ether oxygens (including phenoxy) is 3. The summed E-state index contributed by atoms with van der Waals surface area (Å²) < 4.78 is 15.3. The lowest BCUT2D eigenvalue weighted by Crippen LogP contribution is -2.36. The van der Waals surface area contributed by atoms with Crippen LogP contribution in [0.2, 0.25) is 0 Å². The van der Waals surface area contributed by atoms with Gasteiger partial charge in [-0.25, -0.2) is 0 Å². The van der Waals surface area contributed by atoms with Crippen molar-refractivity contribution in [1.82, 2.24) is 0 Å². The first-order chi connectivity index (χ1) is 6.55. The van der Waals surface area contributed by atoms with Gasteiger partial charge in [0.2, 0.25) is 0 Å². The standard InChI is InChI=1S/C10H22O4/c1-5-6-14-8-10(2,11)7-9(12-3)13-4/h9,11H,5-8H2,1-4H3. The van der Waals surface area contributed by atoms with Crippen molar-refractivity contribution < 1.29 is 19.3 Å². The summed E-state index contributed by atoms with van der Waals surface area (Å²) >= 11 is 0. The SMILES string of the molecule is CCCOCC(C)(O)CC(OC)OC. The lowest BCUT2D eigenvalue weighted by molar-refractivity contribution is -0.152. The van der Waals surface area contributed by atoms with Crippen molar-refractivity contribution in [3.63, 3.8) is 0 Å². The first-order valence-electron chi connectivity index (χ1n) is 4.91. The summed E-state index contributed by atoms with van der Waals surface area (Å²) in [7, 11) is 3.11. The molecule has 1 atom stereocenters. The highest BCUT2D eigenvalue weighted by atomic mass is 16.7. The molecule has 0 radical (unpaired) electrons. The summed E-state index contributed by atoms with van der Waals surface area (Å²) in [4.78, 5) is 0. The van der Waals surface area contributed by atoms with Gasteiger partial charge in [-0.3, -0.25) is 0 Å². The molecule has 0 aliphatic heterocycles. The molecule has 1 unspecified atom stereocenters. The van der Waals surface area contributed by atoms with Crippen LogP contribution < -0.4 is 0 Å².